The number of rotatable bonds is 2. The second kappa shape index (κ2) is 4.31. The maximum Gasteiger partial charge on any atom is 0.363 e. The van der Waals surface area contributed by atoms with Crippen molar-refractivity contribution in [1.82, 2.24) is 8.87 Å². The standard InChI is InChI=1S/C12H14N2O3S/c1-8-4-5-9-10(14(2,3)18(16)17)6-7-11(15)12(9)13-8/h4-7H,1-3H3,(H-,15,16,17)/p+1. The van der Waals surface area contributed by atoms with Crippen LogP contribution < -0.4 is 3.89 Å². The summed E-state index contributed by atoms with van der Waals surface area (Å²) in [7, 11) is 3.25. The number of benzene rings is 1. The van der Waals surface area contributed by atoms with E-state index < -0.39 is 11.3 Å². The van der Waals surface area contributed by atoms with Crippen LogP contribution in [0.4, 0.5) is 5.69 Å². The third-order valence-corrected chi connectivity index (χ3v) is 3.90. The number of hydrogen-bond donors (Lipinski definition) is 2. The third kappa shape index (κ3) is 1.98. The van der Waals surface area contributed by atoms with E-state index >= 15 is 0 Å². The number of aromatic hydroxyl groups is 1. The van der Waals surface area contributed by atoms with Crippen molar-refractivity contribution in [2.75, 3.05) is 14.1 Å². The molecule has 0 bridgehead atoms. The van der Waals surface area contributed by atoms with E-state index in [1.807, 2.05) is 13.0 Å². The molecule has 1 heterocycles. The van der Waals surface area contributed by atoms with Crippen molar-refractivity contribution in [1.29, 1.82) is 0 Å². The summed E-state index contributed by atoms with van der Waals surface area (Å²) in [6, 6.07) is 6.75. The zero-order chi connectivity index (χ0) is 13.5. The molecule has 0 aliphatic carbocycles. The van der Waals surface area contributed by atoms with Gasteiger partial charge in [0, 0.05) is 11.8 Å². The molecule has 2 rings (SSSR count). The summed E-state index contributed by atoms with van der Waals surface area (Å²) in [5.74, 6) is 0.0705. The molecule has 0 spiro atoms. The molecule has 6 heteroatoms. The van der Waals surface area contributed by atoms with Gasteiger partial charge >= 0.3 is 11.3 Å². The van der Waals surface area contributed by atoms with Crippen LogP contribution in [0, 0.1) is 6.92 Å². The normalized spacial score (nSPS) is 13.8. The lowest BCUT2D eigenvalue weighted by Crippen LogP contribution is -2.41. The summed E-state index contributed by atoms with van der Waals surface area (Å²) < 4.78 is 20.6. The summed E-state index contributed by atoms with van der Waals surface area (Å²) in [5.41, 5.74) is 1.87. The zero-order valence-electron chi connectivity index (χ0n) is 10.4. The molecule has 1 atom stereocenters. The molecule has 2 aromatic rings. The van der Waals surface area contributed by atoms with Gasteiger partial charge in [0.2, 0.25) is 0 Å². The minimum Gasteiger partial charge on any atom is -0.506 e. The first-order chi connectivity index (χ1) is 8.34. The largest absolute Gasteiger partial charge is 0.506 e. The van der Waals surface area contributed by atoms with Crippen molar-refractivity contribution >= 4 is 27.9 Å². The van der Waals surface area contributed by atoms with Crippen LogP contribution in [-0.4, -0.2) is 32.9 Å². The van der Waals surface area contributed by atoms with Gasteiger partial charge in [-0.15, -0.1) is 0 Å². The molecule has 0 saturated heterocycles. The van der Waals surface area contributed by atoms with Crippen LogP contribution in [0.2, 0.25) is 0 Å². The lowest BCUT2D eigenvalue weighted by Gasteiger charge is -2.24. The second-order valence-corrected chi connectivity index (χ2v) is 5.91. The van der Waals surface area contributed by atoms with Crippen molar-refractivity contribution in [3.8, 4) is 5.75 Å². The molecule has 5 nitrogen and oxygen atoms in total. The van der Waals surface area contributed by atoms with Gasteiger partial charge < -0.3 is 5.11 Å². The molecule has 96 valence electrons. The molecule has 1 aromatic carbocycles. The van der Waals surface area contributed by atoms with Crippen LogP contribution in [-0.2, 0) is 11.3 Å². The molecular weight excluding hydrogens is 252 g/mol. The summed E-state index contributed by atoms with van der Waals surface area (Å²) in [5, 5.41) is 10.5. The molecule has 0 aliphatic rings. The van der Waals surface area contributed by atoms with Crippen LogP contribution in [0.5, 0.6) is 5.75 Å². The van der Waals surface area contributed by atoms with E-state index in [2.05, 4.69) is 4.98 Å². The second-order valence-electron chi connectivity index (χ2n) is 4.53. The van der Waals surface area contributed by atoms with E-state index in [1.54, 1.807) is 26.2 Å². The number of phenolic OH excluding ortho intramolecular Hbond substituents is 1. The number of nitrogens with zero attached hydrogens (tertiary/aromatic N) is 2. The fraction of sp³-hybridized carbons (Fsp3) is 0.250. The van der Waals surface area contributed by atoms with E-state index in [9.17, 15) is 13.9 Å². The molecule has 0 saturated carbocycles. The topological polar surface area (TPSA) is 70.4 Å². The summed E-state index contributed by atoms with van der Waals surface area (Å²) in [6.07, 6.45) is 0. The Morgan fingerprint density at radius 2 is 1.89 bits per heavy atom. The number of pyridine rings is 1. The number of fused-ring (bicyclic) bond motifs is 1. The first-order valence-electron chi connectivity index (χ1n) is 5.39. The van der Waals surface area contributed by atoms with E-state index in [0.29, 0.717) is 16.6 Å². The highest BCUT2D eigenvalue weighted by Crippen LogP contribution is 2.34. The maximum absolute atomic E-state index is 11.4. The lowest BCUT2D eigenvalue weighted by molar-refractivity contribution is 0.476. The molecule has 18 heavy (non-hydrogen) atoms. The van der Waals surface area contributed by atoms with Crippen LogP contribution in [0.3, 0.4) is 0 Å². The highest BCUT2D eigenvalue weighted by Gasteiger charge is 2.29. The van der Waals surface area contributed by atoms with Crippen molar-refractivity contribution < 1.29 is 13.9 Å². The SMILES string of the molecule is Cc1ccc2c([N+](C)(C)S(=O)O)ccc(O)c2n1. The number of hydrogen-bond acceptors (Lipinski definition) is 3. The van der Waals surface area contributed by atoms with Gasteiger partial charge in [0.25, 0.3) is 0 Å². The third-order valence-electron chi connectivity index (χ3n) is 2.92. The fourth-order valence-electron chi connectivity index (χ4n) is 1.84. The maximum atomic E-state index is 11.4. The quantitative estimate of drug-likeness (QED) is 0.644. The van der Waals surface area contributed by atoms with Gasteiger partial charge in [0.1, 0.15) is 11.3 Å². The van der Waals surface area contributed by atoms with Crippen LogP contribution >= 0.6 is 0 Å². The van der Waals surface area contributed by atoms with Crippen LogP contribution in [0.25, 0.3) is 10.9 Å². The average Bonchev–Trinajstić information content (AvgIpc) is 2.29. The predicted molar refractivity (Wildman–Crippen MR) is 72.6 cm³/mol. The molecule has 0 fully saturated rings. The van der Waals surface area contributed by atoms with Gasteiger partial charge in [0.15, 0.2) is 5.69 Å². The summed E-state index contributed by atoms with van der Waals surface area (Å²) >= 11 is -2.07. The summed E-state index contributed by atoms with van der Waals surface area (Å²) in [4.78, 5) is 4.27. The van der Waals surface area contributed by atoms with Crippen molar-refractivity contribution in [3.63, 3.8) is 0 Å². The molecule has 0 aliphatic heterocycles. The van der Waals surface area contributed by atoms with Crippen LogP contribution in [0.1, 0.15) is 5.69 Å². The Morgan fingerprint density at radius 1 is 1.22 bits per heavy atom. The average molecular weight is 267 g/mol. The first-order valence-corrected chi connectivity index (χ1v) is 6.46. The van der Waals surface area contributed by atoms with Gasteiger partial charge in [0.05, 0.1) is 19.5 Å². The summed E-state index contributed by atoms with van der Waals surface area (Å²) in [6.45, 7) is 1.83. The number of phenols is 1. The minimum atomic E-state index is -2.07. The van der Waals surface area contributed by atoms with Gasteiger partial charge in [-0.2, -0.15) is 8.10 Å². The van der Waals surface area contributed by atoms with E-state index in [4.69, 9.17) is 0 Å². The van der Waals surface area contributed by atoms with E-state index in [0.717, 1.165) is 5.69 Å². The number of aryl methyl sites for hydroxylation is 1. The minimum absolute atomic E-state index is 0.0705. The van der Waals surface area contributed by atoms with Crippen molar-refractivity contribution in [2.45, 2.75) is 6.92 Å². The molecule has 0 amide bonds. The van der Waals surface area contributed by atoms with Crippen molar-refractivity contribution in [3.05, 3.63) is 30.0 Å². The number of quaternary nitrogens is 1. The van der Waals surface area contributed by atoms with E-state index in [-0.39, 0.29) is 9.64 Å². The Labute approximate surface area is 108 Å². The Hall–Kier alpha value is -1.50. The van der Waals surface area contributed by atoms with Gasteiger partial charge in [-0.05, 0) is 25.1 Å². The Morgan fingerprint density at radius 3 is 2.50 bits per heavy atom. The number of aromatic nitrogens is 1. The van der Waals surface area contributed by atoms with E-state index in [1.165, 1.54) is 6.07 Å². The van der Waals surface area contributed by atoms with Crippen molar-refractivity contribution in [2.24, 2.45) is 0 Å². The fourth-order valence-corrected chi connectivity index (χ4v) is 2.17. The first kappa shape index (κ1) is 12.9. The molecule has 2 N–H and O–H groups in total. The van der Waals surface area contributed by atoms with Gasteiger partial charge in [-0.25, -0.2) is 4.98 Å². The highest BCUT2D eigenvalue weighted by molar-refractivity contribution is 7.78. The Bertz CT molecular complexity index is 641. The van der Waals surface area contributed by atoms with Crippen LogP contribution in [0.15, 0.2) is 24.3 Å². The predicted octanol–water partition coefficient (Wildman–Crippen LogP) is 1.95. The molecule has 0 radical (unpaired) electrons. The van der Waals surface area contributed by atoms with Gasteiger partial charge in [-0.3, -0.25) is 4.55 Å². The molecule has 1 aromatic heterocycles. The Balaban J connectivity index is 2.82. The Kier molecular flexibility index (Phi) is 3.10. The smallest absolute Gasteiger partial charge is 0.363 e. The molecular formula is C12H15N2O3S+. The monoisotopic (exact) mass is 267 g/mol. The zero-order valence-corrected chi connectivity index (χ0v) is 11.2. The highest BCUT2D eigenvalue weighted by atomic mass is 32.2. The van der Waals surface area contributed by atoms with Gasteiger partial charge in [-0.1, -0.05) is 0 Å². The lowest BCUT2D eigenvalue weighted by atomic mass is 10.1. The molecule has 1 unspecified atom stereocenters.